The maximum Gasteiger partial charge on any atom is 0.0405 e. The van der Waals surface area contributed by atoms with Crippen LogP contribution in [-0.2, 0) is 6.54 Å². The topological polar surface area (TPSA) is 24.1 Å². The van der Waals surface area contributed by atoms with Crippen LogP contribution in [0.2, 0.25) is 0 Å². The predicted molar refractivity (Wildman–Crippen MR) is 126 cm³/mol. The molecule has 0 fully saturated rings. The molecule has 0 saturated heterocycles. The first kappa shape index (κ1) is 20.4. The third-order valence-electron chi connectivity index (χ3n) is 5.26. The SMILES string of the molecule is C=C1NC(=C)c2ccc(C)cc2/C1=C/NCc1cc(C)c(C)c(PCCC)c1. The number of aryl methyl sites for hydroxylation is 2. The van der Waals surface area contributed by atoms with Gasteiger partial charge in [-0.3, -0.25) is 0 Å². The van der Waals surface area contributed by atoms with E-state index in [4.69, 9.17) is 0 Å². The quantitative estimate of drug-likeness (QED) is 0.633. The molecule has 0 aromatic heterocycles. The molecule has 28 heavy (non-hydrogen) atoms. The Morgan fingerprint density at radius 3 is 2.57 bits per heavy atom. The molecule has 0 spiro atoms. The number of nitrogens with one attached hydrogen (secondary N) is 2. The van der Waals surface area contributed by atoms with Crippen LogP contribution in [0, 0.1) is 20.8 Å². The normalized spacial score (nSPS) is 15.2. The summed E-state index contributed by atoms with van der Waals surface area (Å²) >= 11 is 0. The molecule has 0 amide bonds. The lowest BCUT2D eigenvalue weighted by molar-refractivity contribution is 0.868. The summed E-state index contributed by atoms with van der Waals surface area (Å²) in [5.41, 5.74) is 10.6. The second-order valence-corrected chi connectivity index (χ2v) is 8.97. The van der Waals surface area contributed by atoms with Crippen LogP contribution < -0.4 is 15.9 Å². The Hall–Kier alpha value is -2.31. The Morgan fingerprint density at radius 2 is 1.82 bits per heavy atom. The van der Waals surface area contributed by atoms with E-state index in [2.05, 4.69) is 88.0 Å². The summed E-state index contributed by atoms with van der Waals surface area (Å²) < 4.78 is 0. The molecule has 3 rings (SSSR count). The van der Waals surface area contributed by atoms with Gasteiger partial charge in [-0.2, -0.15) is 0 Å². The van der Waals surface area contributed by atoms with Gasteiger partial charge in [0.05, 0.1) is 0 Å². The Kier molecular flexibility index (Phi) is 6.42. The van der Waals surface area contributed by atoms with E-state index in [1.807, 2.05) is 0 Å². The van der Waals surface area contributed by atoms with Crippen molar-refractivity contribution in [2.45, 2.75) is 40.7 Å². The number of allylic oxidation sites excluding steroid dienone is 1. The molecule has 0 saturated carbocycles. The van der Waals surface area contributed by atoms with E-state index in [0.717, 1.165) is 37.7 Å². The highest BCUT2D eigenvalue weighted by Gasteiger charge is 2.19. The second-order valence-electron chi connectivity index (χ2n) is 7.58. The third-order valence-corrected chi connectivity index (χ3v) is 6.91. The number of hydrogen-bond donors (Lipinski definition) is 2. The highest BCUT2D eigenvalue weighted by atomic mass is 31.1. The lowest BCUT2D eigenvalue weighted by Gasteiger charge is -2.25. The van der Waals surface area contributed by atoms with Gasteiger partial charge in [-0.05, 0) is 60.6 Å². The molecule has 3 heteroatoms. The van der Waals surface area contributed by atoms with Crippen molar-refractivity contribution < 1.29 is 0 Å². The molecule has 2 aromatic rings. The summed E-state index contributed by atoms with van der Waals surface area (Å²) in [5, 5.41) is 8.33. The average Bonchev–Trinajstić information content (AvgIpc) is 2.65. The summed E-state index contributed by atoms with van der Waals surface area (Å²) in [5.74, 6) is 0. The third kappa shape index (κ3) is 4.39. The van der Waals surface area contributed by atoms with Crippen LogP contribution in [-0.4, -0.2) is 6.16 Å². The molecule has 0 bridgehead atoms. The molecule has 1 heterocycles. The molecular weight excluding hydrogens is 359 g/mol. The van der Waals surface area contributed by atoms with E-state index < -0.39 is 0 Å². The van der Waals surface area contributed by atoms with E-state index in [0.29, 0.717) is 0 Å². The van der Waals surface area contributed by atoms with Gasteiger partial charge >= 0.3 is 0 Å². The lowest BCUT2D eigenvalue weighted by atomic mass is 9.91. The van der Waals surface area contributed by atoms with E-state index in [1.54, 1.807) is 0 Å². The summed E-state index contributed by atoms with van der Waals surface area (Å²) in [7, 11) is 0.896. The van der Waals surface area contributed by atoms with Crippen molar-refractivity contribution in [2.24, 2.45) is 0 Å². The minimum absolute atomic E-state index is 0.809. The van der Waals surface area contributed by atoms with E-state index >= 15 is 0 Å². The fraction of sp³-hybridized carbons (Fsp3) is 0.280. The van der Waals surface area contributed by atoms with Crippen molar-refractivity contribution >= 4 is 25.2 Å². The minimum atomic E-state index is 0.809. The molecule has 2 N–H and O–H groups in total. The summed E-state index contributed by atoms with van der Waals surface area (Å²) in [6.45, 7) is 18.0. The Bertz CT molecular complexity index is 953. The number of benzene rings is 2. The van der Waals surface area contributed by atoms with E-state index in [1.165, 1.54) is 45.7 Å². The molecule has 2 nitrogen and oxygen atoms in total. The zero-order valence-corrected chi connectivity index (χ0v) is 18.5. The molecule has 2 aromatic carbocycles. The van der Waals surface area contributed by atoms with Crippen molar-refractivity contribution in [1.82, 2.24) is 10.6 Å². The van der Waals surface area contributed by atoms with Crippen molar-refractivity contribution in [3.63, 3.8) is 0 Å². The van der Waals surface area contributed by atoms with E-state index in [9.17, 15) is 0 Å². The number of rotatable bonds is 6. The molecule has 1 unspecified atom stereocenters. The largest absolute Gasteiger partial charge is 0.386 e. The van der Waals surface area contributed by atoms with Gasteiger partial charge in [-0.15, -0.1) is 0 Å². The number of fused-ring (bicyclic) bond motifs is 1. The maximum atomic E-state index is 4.19. The Labute approximate surface area is 171 Å². The molecule has 146 valence electrons. The van der Waals surface area contributed by atoms with Crippen molar-refractivity contribution in [3.05, 3.63) is 88.8 Å². The fourth-order valence-corrected chi connectivity index (χ4v) is 4.81. The van der Waals surface area contributed by atoms with Crippen LogP contribution in [0.5, 0.6) is 0 Å². The van der Waals surface area contributed by atoms with E-state index in [-0.39, 0.29) is 0 Å². The Balaban J connectivity index is 1.82. The van der Waals surface area contributed by atoms with Gasteiger partial charge in [0.25, 0.3) is 0 Å². The molecular formula is C25H31N2P. The molecule has 1 aliphatic rings. The standard InChI is InChI=1S/C25H31N2P/c1-7-10-28-25-13-21(12-17(3)18(25)4)14-26-15-24-20(6)27-19(5)22-9-8-16(2)11-23(22)24/h8-9,11-13,15,26-28H,5-7,10,14H2,1-4H3/b24-15+. The highest BCUT2D eigenvalue weighted by molar-refractivity contribution is 7.47. The summed E-state index contributed by atoms with van der Waals surface area (Å²) in [6, 6.07) is 11.1. The monoisotopic (exact) mass is 390 g/mol. The van der Waals surface area contributed by atoms with Crippen molar-refractivity contribution in [1.29, 1.82) is 0 Å². The first-order valence-electron chi connectivity index (χ1n) is 9.94. The van der Waals surface area contributed by atoms with Gasteiger partial charge in [0, 0.05) is 35.3 Å². The van der Waals surface area contributed by atoms with Gasteiger partial charge in [-0.1, -0.05) is 64.9 Å². The van der Waals surface area contributed by atoms with Gasteiger partial charge in [-0.25, -0.2) is 0 Å². The molecule has 1 aliphatic heterocycles. The zero-order chi connectivity index (χ0) is 20.3. The Morgan fingerprint density at radius 1 is 1.04 bits per heavy atom. The minimum Gasteiger partial charge on any atom is -0.386 e. The van der Waals surface area contributed by atoms with Crippen LogP contribution in [0.1, 0.15) is 46.7 Å². The van der Waals surface area contributed by atoms with Crippen molar-refractivity contribution in [3.8, 4) is 0 Å². The lowest BCUT2D eigenvalue weighted by Crippen LogP contribution is -2.20. The zero-order valence-electron chi connectivity index (χ0n) is 17.5. The van der Waals surface area contributed by atoms with Crippen LogP contribution >= 0.6 is 8.58 Å². The van der Waals surface area contributed by atoms with Gasteiger partial charge < -0.3 is 10.6 Å². The smallest absolute Gasteiger partial charge is 0.0405 e. The van der Waals surface area contributed by atoms with Crippen LogP contribution in [0.15, 0.2) is 55.4 Å². The fourth-order valence-electron chi connectivity index (χ4n) is 3.54. The maximum absolute atomic E-state index is 4.19. The van der Waals surface area contributed by atoms with Gasteiger partial charge in [0.15, 0.2) is 0 Å². The first-order valence-corrected chi connectivity index (χ1v) is 11.2. The van der Waals surface area contributed by atoms with Crippen LogP contribution in [0.3, 0.4) is 0 Å². The second kappa shape index (κ2) is 8.80. The molecule has 0 radical (unpaired) electrons. The highest BCUT2D eigenvalue weighted by Crippen LogP contribution is 2.33. The van der Waals surface area contributed by atoms with Gasteiger partial charge in [0.1, 0.15) is 0 Å². The molecule has 0 aliphatic carbocycles. The van der Waals surface area contributed by atoms with Crippen LogP contribution in [0.4, 0.5) is 0 Å². The first-order chi connectivity index (χ1) is 13.4. The summed E-state index contributed by atoms with van der Waals surface area (Å²) in [4.78, 5) is 0. The molecule has 1 atom stereocenters. The predicted octanol–water partition coefficient (Wildman–Crippen LogP) is 5.54. The average molecular weight is 391 g/mol. The van der Waals surface area contributed by atoms with Crippen LogP contribution in [0.25, 0.3) is 11.3 Å². The van der Waals surface area contributed by atoms with Gasteiger partial charge in [0.2, 0.25) is 0 Å². The van der Waals surface area contributed by atoms with Crippen molar-refractivity contribution in [2.75, 3.05) is 6.16 Å². The summed E-state index contributed by atoms with van der Waals surface area (Å²) in [6.07, 6.45) is 4.60. The number of hydrogen-bond acceptors (Lipinski definition) is 2.